The van der Waals surface area contributed by atoms with Gasteiger partial charge in [-0.3, -0.25) is 0 Å². The molecular weight excluding hydrogens is 211 g/mol. The average molecular weight is 218 g/mol. The highest BCUT2D eigenvalue weighted by molar-refractivity contribution is 5.85. The summed E-state index contributed by atoms with van der Waals surface area (Å²) >= 11 is 0. The van der Waals surface area contributed by atoms with Crippen molar-refractivity contribution in [2.24, 2.45) is 0 Å². The largest absolute Gasteiger partial charge is 0.282 e. The van der Waals surface area contributed by atoms with E-state index in [1.54, 1.807) is 0 Å². The molecule has 1 nitrogen and oxygen atoms in total. The predicted molar refractivity (Wildman–Crippen MR) is 32.2 cm³/mol. The summed E-state index contributed by atoms with van der Waals surface area (Å²) in [5, 5.41) is 0.745. The molecule has 0 aromatic heterocycles. The van der Waals surface area contributed by atoms with Crippen LogP contribution in [0.2, 0.25) is 0 Å². The SMILES string of the molecule is Cl.FC(F)C(F)NC(F)C(F)F. The van der Waals surface area contributed by atoms with Crippen LogP contribution in [0.25, 0.3) is 0 Å². The molecule has 1 N–H and O–H groups in total. The van der Waals surface area contributed by atoms with E-state index < -0.39 is 25.4 Å². The van der Waals surface area contributed by atoms with Crippen molar-refractivity contribution >= 4 is 12.4 Å². The lowest BCUT2D eigenvalue weighted by molar-refractivity contribution is -0.0337. The Labute approximate surface area is 70.5 Å². The Balaban J connectivity index is 0. The summed E-state index contributed by atoms with van der Waals surface area (Å²) in [6.07, 6.45) is -13.1. The van der Waals surface area contributed by atoms with E-state index >= 15 is 0 Å². The number of rotatable bonds is 4. The van der Waals surface area contributed by atoms with Gasteiger partial charge in [0, 0.05) is 0 Å². The number of hydrogen-bond acceptors (Lipinski definition) is 1. The topological polar surface area (TPSA) is 12.0 Å². The van der Waals surface area contributed by atoms with Crippen LogP contribution >= 0.6 is 12.4 Å². The van der Waals surface area contributed by atoms with E-state index in [-0.39, 0.29) is 12.4 Å². The van der Waals surface area contributed by atoms with Gasteiger partial charge in [0.25, 0.3) is 12.9 Å². The zero-order valence-electron chi connectivity index (χ0n) is 5.49. The van der Waals surface area contributed by atoms with Gasteiger partial charge >= 0.3 is 0 Å². The fourth-order valence-corrected chi connectivity index (χ4v) is 0.298. The molecule has 0 amide bonds. The van der Waals surface area contributed by atoms with E-state index in [4.69, 9.17) is 0 Å². The first kappa shape index (κ1) is 14.4. The van der Waals surface area contributed by atoms with E-state index in [1.165, 1.54) is 0 Å². The highest BCUT2D eigenvalue weighted by Crippen LogP contribution is 2.07. The van der Waals surface area contributed by atoms with Crippen molar-refractivity contribution in [2.75, 3.05) is 0 Å². The second kappa shape index (κ2) is 6.36. The third-order valence-corrected chi connectivity index (χ3v) is 0.761. The summed E-state index contributed by atoms with van der Waals surface area (Å²) in [7, 11) is 0. The minimum absolute atomic E-state index is 0. The molecule has 0 bridgehead atoms. The maximum atomic E-state index is 11.7. The highest BCUT2D eigenvalue weighted by atomic mass is 35.5. The lowest BCUT2D eigenvalue weighted by atomic mass is 10.5. The molecule has 0 rings (SSSR count). The Hall–Kier alpha value is -0.170. The quantitative estimate of drug-likeness (QED) is 0.562. The van der Waals surface area contributed by atoms with Crippen molar-refractivity contribution in [3.8, 4) is 0 Å². The second-order valence-corrected chi connectivity index (χ2v) is 1.64. The van der Waals surface area contributed by atoms with Crippen LogP contribution in [0.15, 0.2) is 0 Å². The molecule has 0 fully saturated rings. The number of hydrogen-bond donors (Lipinski definition) is 1. The molecule has 0 saturated heterocycles. The van der Waals surface area contributed by atoms with E-state index in [0.29, 0.717) is 0 Å². The van der Waals surface area contributed by atoms with E-state index in [1.807, 2.05) is 0 Å². The van der Waals surface area contributed by atoms with E-state index in [2.05, 4.69) is 0 Å². The first-order chi connectivity index (χ1) is 4.95. The molecule has 0 aliphatic heterocycles. The molecule has 12 heavy (non-hydrogen) atoms. The van der Waals surface area contributed by atoms with Crippen LogP contribution < -0.4 is 5.32 Å². The Morgan fingerprint density at radius 3 is 1.08 bits per heavy atom. The smallest absolute Gasteiger partial charge is 0.248 e. The van der Waals surface area contributed by atoms with Crippen LogP contribution in [0.3, 0.4) is 0 Å². The molecule has 0 saturated carbocycles. The van der Waals surface area contributed by atoms with Gasteiger partial charge in [-0.05, 0) is 0 Å². The number of halogens is 7. The maximum absolute atomic E-state index is 11.7. The van der Waals surface area contributed by atoms with Gasteiger partial charge in [-0.1, -0.05) is 0 Å². The molecule has 2 atom stereocenters. The molecule has 8 heteroatoms. The van der Waals surface area contributed by atoms with Crippen molar-refractivity contribution in [3.05, 3.63) is 0 Å². The molecule has 76 valence electrons. The van der Waals surface area contributed by atoms with Gasteiger partial charge < -0.3 is 0 Å². The minimum atomic E-state index is -3.51. The average Bonchev–Trinajstić information content (AvgIpc) is 1.87. The number of nitrogens with one attached hydrogen (secondary N) is 1. The normalized spacial score (nSPS) is 16.0. The van der Waals surface area contributed by atoms with Crippen LogP contribution in [0.1, 0.15) is 0 Å². The standard InChI is InChI=1S/C4H5F6N.ClH/c5-1(6)3(9)11-4(10)2(7)8;/h1-4,11H;1H. The van der Waals surface area contributed by atoms with Gasteiger partial charge in [-0.25, -0.2) is 31.7 Å². The van der Waals surface area contributed by atoms with Gasteiger partial charge in [-0.15, -0.1) is 12.4 Å². The van der Waals surface area contributed by atoms with Gasteiger partial charge in [0.1, 0.15) is 0 Å². The third kappa shape index (κ3) is 5.48. The van der Waals surface area contributed by atoms with Gasteiger partial charge in [-0.2, -0.15) is 0 Å². The molecule has 0 spiro atoms. The Morgan fingerprint density at radius 2 is 0.917 bits per heavy atom. The van der Waals surface area contributed by atoms with Gasteiger partial charge in [0.05, 0.1) is 0 Å². The fraction of sp³-hybridized carbons (Fsp3) is 1.00. The van der Waals surface area contributed by atoms with Crippen molar-refractivity contribution in [1.82, 2.24) is 5.32 Å². The van der Waals surface area contributed by atoms with E-state index in [9.17, 15) is 26.3 Å². The van der Waals surface area contributed by atoms with Crippen LogP contribution in [0, 0.1) is 0 Å². The van der Waals surface area contributed by atoms with Crippen molar-refractivity contribution in [2.45, 2.75) is 25.4 Å². The molecular formula is C4H6ClF6N. The molecule has 0 heterocycles. The zero-order chi connectivity index (χ0) is 9.02. The Kier molecular flexibility index (Phi) is 7.61. The zero-order valence-corrected chi connectivity index (χ0v) is 6.30. The maximum Gasteiger partial charge on any atom is 0.282 e. The summed E-state index contributed by atoms with van der Waals surface area (Å²) in [5.74, 6) is 0. The third-order valence-electron chi connectivity index (χ3n) is 0.761. The molecule has 0 aromatic rings. The van der Waals surface area contributed by atoms with Gasteiger partial charge in [0.2, 0.25) is 12.6 Å². The summed E-state index contributed by atoms with van der Waals surface area (Å²) < 4.78 is 68.2. The molecule has 0 aromatic carbocycles. The number of alkyl halides is 6. The van der Waals surface area contributed by atoms with Crippen molar-refractivity contribution in [1.29, 1.82) is 0 Å². The van der Waals surface area contributed by atoms with Crippen LogP contribution in [0.4, 0.5) is 26.3 Å². The Bertz CT molecular complexity index is 99.7. The molecule has 0 aliphatic rings. The fourth-order valence-electron chi connectivity index (χ4n) is 0.298. The summed E-state index contributed by atoms with van der Waals surface area (Å²) in [4.78, 5) is 0. The summed E-state index contributed by atoms with van der Waals surface area (Å²) in [5.41, 5.74) is 0. The lowest BCUT2D eigenvalue weighted by Crippen LogP contribution is -2.41. The van der Waals surface area contributed by atoms with E-state index in [0.717, 1.165) is 5.32 Å². The summed E-state index contributed by atoms with van der Waals surface area (Å²) in [6, 6.07) is 0. The first-order valence-electron chi connectivity index (χ1n) is 2.55. The van der Waals surface area contributed by atoms with Crippen molar-refractivity contribution in [3.63, 3.8) is 0 Å². The molecule has 0 aliphatic carbocycles. The first-order valence-corrected chi connectivity index (χ1v) is 2.55. The van der Waals surface area contributed by atoms with Crippen LogP contribution in [-0.4, -0.2) is 25.4 Å². The monoisotopic (exact) mass is 217 g/mol. The highest BCUT2D eigenvalue weighted by Gasteiger charge is 2.27. The van der Waals surface area contributed by atoms with Crippen LogP contribution in [0.5, 0.6) is 0 Å². The molecule has 0 radical (unpaired) electrons. The lowest BCUT2D eigenvalue weighted by Gasteiger charge is -2.12. The molecule has 2 unspecified atom stereocenters. The van der Waals surface area contributed by atoms with Crippen LogP contribution in [-0.2, 0) is 0 Å². The van der Waals surface area contributed by atoms with Crippen molar-refractivity contribution < 1.29 is 26.3 Å². The predicted octanol–water partition coefficient (Wildman–Crippen LogP) is 2.12. The Morgan fingerprint density at radius 1 is 0.667 bits per heavy atom. The summed E-state index contributed by atoms with van der Waals surface area (Å²) in [6.45, 7) is 0. The second-order valence-electron chi connectivity index (χ2n) is 1.64. The van der Waals surface area contributed by atoms with Gasteiger partial charge in [0.15, 0.2) is 0 Å². The minimum Gasteiger partial charge on any atom is -0.248 e.